The van der Waals surface area contributed by atoms with Crippen LogP contribution in [0.5, 0.6) is 0 Å². The average molecular weight is 427 g/mol. The van der Waals surface area contributed by atoms with Crippen LogP contribution in [0.3, 0.4) is 0 Å². The zero-order chi connectivity index (χ0) is 20.9. The van der Waals surface area contributed by atoms with E-state index in [9.17, 15) is 5.11 Å². The second kappa shape index (κ2) is 9.72. The van der Waals surface area contributed by atoms with E-state index in [2.05, 4.69) is 10.2 Å². The van der Waals surface area contributed by atoms with Crippen molar-refractivity contribution < 1.29 is 14.6 Å². The molecule has 0 radical (unpaired) electrons. The van der Waals surface area contributed by atoms with E-state index in [0.29, 0.717) is 6.54 Å². The molecule has 0 aliphatic carbocycles. The Kier molecular flexibility index (Phi) is 6.81. The molecule has 1 aliphatic rings. The Balaban J connectivity index is 1.53. The first-order chi connectivity index (χ1) is 14.7. The molecule has 8 heteroatoms. The summed E-state index contributed by atoms with van der Waals surface area (Å²) in [5.74, 6) is 0.749. The van der Waals surface area contributed by atoms with Gasteiger partial charge in [-0.2, -0.15) is 0 Å². The molecule has 30 heavy (non-hydrogen) atoms. The van der Waals surface area contributed by atoms with Gasteiger partial charge in [0, 0.05) is 31.3 Å². The van der Waals surface area contributed by atoms with Crippen LogP contribution in [0.4, 0.5) is 0 Å². The van der Waals surface area contributed by atoms with Crippen LogP contribution in [0.2, 0.25) is 0 Å². The zero-order valence-electron chi connectivity index (χ0n) is 16.8. The number of thioether (sulfide) groups is 1. The summed E-state index contributed by atoms with van der Waals surface area (Å²) in [5, 5.41) is 18.3. The van der Waals surface area contributed by atoms with Crippen molar-refractivity contribution >= 4 is 11.8 Å². The van der Waals surface area contributed by atoms with E-state index >= 15 is 0 Å². The molecule has 2 heterocycles. The standard InChI is InChI=1S/C22H26N4O3S/c1-26-14-24-25-22(26)30-13-19-10-20(17-6-4-16(12-27)5-7-17)29-21(28-19)18-8-2-15(11-23)3-9-18/h2-9,14,19-21,27H,10-13,23H2,1H3/t19-,20+,21+/m1/s1. The molecule has 3 atom stereocenters. The summed E-state index contributed by atoms with van der Waals surface area (Å²) < 4.78 is 14.5. The Morgan fingerprint density at radius 2 is 1.77 bits per heavy atom. The summed E-state index contributed by atoms with van der Waals surface area (Å²) in [6.07, 6.45) is 1.86. The second-order valence-electron chi connectivity index (χ2n) is 7.33. The molecule has 0 saturated carbocycles. The van der Waals surface area contributed by atoms with Crippen molar-refractivity contribution in [3.63, 3.8) is 0 Å². The molecule has 0 unspecified atom stereocenters. The molecule has 1 saturated heterocycles. The molecule has 0 bridgehead atoms. The Hall–Kier alpha value is -2.23. The van der Waals surface area contributed by atoms with Crippen LogP contribution < -0.4 is 5.73 Å². The van der Waals surface area contributed by atoms with Crippen molar-refractivity contribution in [3.8, 4) is 0 Å². The number of hydrogen-bond donors (Lipinski definition) is 2. The van der Waals surface area contributed by atoms with Gasteiger partial charge in [-0.1, -0.05) is 60.3 Å². The zero-order valence-corrected chi connectivity index (χ0v) is 17.7. The van der Waals surface area contributed by atoms with Crippen LogP contribution in [-0.2, 0) is 29.7 Å². The van der Waals surface area contributed by atoms with E-state index in [0.717, 1.165) is 39.6 Å². The van der Waals surface area contributed by atoms with Crippen molar-refractivity contribution in [1.82, 2.24) is 14.8 Å². The monoisotopic (exact) mass is 426 g/mol. The maximum Gasteiger partial charge on any atom is 0.190 e. The van der Waals surface area contributed by atoms with Crippen LogP contribution in [0.1, 0.15) is 41.1 Å². The molecule has 0 amide bonds. The van der Waals surface area contributed by atoms with Crippen molar-refractivity contribution in [3.05, 3.63) is 77.1 Å². The summed E-state index contributed by atoms with van der Waals surface area (Å²) in [7, 11) is 1.93. The normalized spacial score (nSPS) is 21.6. The lowest BCUT2D eigenvalue weighted by atomic mass is 10.0. The summed E-state index contributed by atoms with van der Waals surface area (Å²) in [6, 6.07) is 15.9. The number of aliphatic hydroxyl groups is 1. The fourth-order valence-corrected chi connectivity index (χ4v) is 4.31. The van der Waals surface area contributed by atoms with Crippen LogP contribution in [0.25, 0.3) is 0 Å². The predicted molar refractivity (Wildman–Crippen MR) is 114 cm³/mol. The van der Waals surface area contributed by atoms with Gasteiger partial charge in [0.15, 0.2) is 11.4 Å². The van der Waals surface area contributed by atoms with Gasteiger partial charge in [-0.05, 0) is 16.7 Å². The van der Waals surface area contributed by atoms with Gasteiger partial charge in [0.25, 0.3) is 0 Å². The highest BCUT2D eigenvalue weighted by Crippen LogP contribution is 2.39. The van der Waals surface area contributed by atoms with Gasteiger partial charge in [0.05, 0.1) is 18.8 Å². The van der Waals surface area contributed by atoms with Crippen molar-refractivity contribution in [1.29, 1.82) is 0 Å². The number of aromatic nitrogens is 3. The van der Waals surface area contributed by atoms with Gasteiger partial charge in [-0.3, -0.25) is 0 Å². The molecule has 1 aromatic heterocycles. The molecule has 1 aliphatic heterocycles. The quantitative estimate of drug-likeness (QED) is 0.561. The van der Waals surface area contributed by atoms with E-state index in [1.807, 2.05) is 60.1 Å². The molecule has 3 aromatic rings. The predicted octanol–water partition coefficient (Wildman–Crippen LogP) is 3.10. The highest BCUT2D eigenvalue weighted by atomic mass is 32.2. The minimum atomic E-state index is -0.460. The van der Waals surface area contributed by atoms with Gasteiger partial charge in [0.2, 0.25) is 0 Å². The Morgan fingerprint density at radius 1 is 1.07 bits per heavy atom. The van der Waals surface area contributed by atoms with E-state index in [-0.39, 0.29) is 18.8 Å². The smallest absolute Gasteiger partial charge is 0.190 e. The number of benzene rings is 2. The van der Waals surface area contributed by atoms with E-state index < -0.39 is 6.29 Å². The first kappa shape index (κ1) is 21.0. The fraction of sp³-hybridized carbons (Fsp3) is 0.364. The number of ether oxygens (including phenoxy) is 2. The lowest BCUT2D eigenvalue weighted by molar-refractivity contribution is -0.245. The van der Waals surface area contributed by atoms with E-state index in [1.54, 1.807) is 18.1 Å². The molecule has 3 N–H and O–H groups in total. The van der Waals surface area contributed by atoms with Crippen molar-refractivity contribution in [2.45, 2.75) is 43.2 Å². The molecular formula is C22H26N4O3S. The molecular weight excluding hydrogens is 400 g/mol. The van der Waals surface area contributed by atoms with Gasteiger partial charge >= 0.3 is 0 Å². The van der Waals surface area contributed by atoms with Crippen LogP contribution in [0.15, 0.2) is 60.0 Å². The number of aryl methyl sites for hydroxylation is 1. The molecule has 7 nitrogen and oxygen atoms in total. The maximum atomic E-state index is 9.32. The summed E-state index contributed by atoms with van der Waals surface area (Å²) in [4.78, 5) is 0. The minimum Gasteiger partial charge on any atom is -0.392 e. The largest absolute Gasteiger partial charge is 0.392 e. The third-order valence-electron chi connectivity index (χ3n) is 5.17. The lowest BCUT2D eigenvalue weighted by Gasteiger charge is -2.36. The maximum absolute atomic E-state index is 9.32. The van der Waals surface area contributed by atoms with Gasteiger partial charge in [-0.15, -0.1) is 10.2 Å². The van der Waals surface area contributed by atoms with Crippen LogP contribution in [-0.4, -0.2) is 31.7 Å². The third-order valence-corrected chi connectivity index (χ3v) is 6.34. The number of nitrogens with zero attached hydrogens (tertiary/aromatic N) is 3. The number of rotatable bonds is 7. The highest BCUT2D eigenvalue weighted by Gasteiger charge is 2.32. The van der Waals surface area contributed by atoms with Crippen molar-refractivity contribution in [2.24, 2.45) is 12.8 Å². The molecule has 0 spiro atoms. The Labute approximate surface area is 180 Å². The first-order valence-electron chi connectivity index (χ1n) is 9.92. The molecule has 158 valence electrons. The van der Waals surface area contributed by atoms with E-state index in [1.165, 1.54) is 0 Å². The summed E-state index contributed by atoms with van der Waals surface area (Å²) >= 11 is 1.63. The average Bonchev–Trinajstić information content (AvgIpc) is 3.22. The molecule has 2 aromatic carbocycles. The number of hydrogen-bond acceptors (Lipinski definition) is 7. The lowest BCUT2D eigenvalue weighted by Crippen LogP contribution is -2.31. The second-order valence-corrected chi connectivity index (χ2v) is 8.32. The third kappa shape index (κ3) is 4.91. The number of aliphatic hydroxyl groups excluding tert-OH is 1. The fourth-order valence-electron chi connectivity index (χ4n) is 3.40. The van der Waals surface area contributed by atoms with Crippen LogP contribution >= 0.6 is 11.8 Å². The molecule has 4 rings (SSSR count). The molecule has 1 fully saturated rings. The van der Waals surface area contributed by atoms with Crippen LogP contribution in [0, 0.1) is 0 Å². The highest BCUT2D eigenvalue weighted by molar-refractivity contribution is 7.99. The Morgan fingerprint density at radius 3 is 2.40 bits per heavy atom. The summed E-state index contributed by atoms with van der Waals surface area (Å²) in [6.45, 7) is 0.533. The first-order valence-corrected chi connectivity index (χ1v) is 10.9. The van der Waals surface area contributed by atoms with Gasteiger partial charge < -0.3 is 24.9 Å². The SMILES string of the molecule is Cn1cnnc1SC[C@H]1C[C@@H](c2ccc(CO)cc2)O[C@@H](c2ccc(CN)cc2)O1. The summed E-state index contributed by atoms with van der Waals surface area (Å²) in [5.41, 5.74) is 9.72. The number of nitrogens with two attached hydrogens (primary N) is 1. The minimum absolute atomic E-state index is 0.0119. The van der Waals surface area contributed by atoms with Gasteiger partial charge in [0.1, 0.15) is 6.33 Å². The topological polar surface area (TPSA) is 95.4 Å². The van der Waals surface area contributed by atoms with Gasteiger partial charge in [-0.25, -0.2) is 0 Å². The van der Waals surface area contributed by atoms with E-state index in [4.69, 9.17) is 15.2 Å². The Bertz CT molecular complexity index is 890. The van der Waals surface area contributed by atoms with Crippen molar-refractivity contribution in [2.75, 3.05) is 5.75 Å².